The standard InChI is InChI=1S/C22H16BrN5O3/c23-14-6-4-12(5-7-14)10-18-24-20-15(22(29)30)8-9-17(21(20)25-18)31-11-13-2-1-3-16-19(13)27-28-26-16/h1-9H,10-11H2,(H,24,25)(H,29,30)(H,26,27,28). The fraction of sp³-hybridized carbons (Fsp3) is 0.0909. The molecule has 0 radical (unpaired) electrons. The van der Waals surface area contributed by atoms with E-state index in [4.69, 9.17) is 4.74 Å². The third-order valence-corrected chi connectivity index (χ3v) is 5.51. The number of imidazole rings is 1. The number of aromatic carboxylic acids is 1. The first-order valence-electron chi connectivity index (χ1n) is 9.49. The molecule has 0 amide bonds. The maximum absolute atomic E-state index is 11.7. The van der Waals surface area contributed by atoms with Crippen LogP contribution in [0.25, 0.3) is 22.1 Å². The van der Waals surface area contributed by atoms with Gasteiger partial charge in [0.1, 0.15) is 40.2 Å². The zero-order chi connectivity index (χ0) is 21.4. The molecule has 5 aromatic rings. The van der Waals surface area contributed by atoms with Crippen LogP contribution in [0.2, 0.25) is 0 Å². The number of para-hydroxylation sites is 1. The molecule has 0 fully saturated rings. The maximum atomic E-state index is 11.7. The number of ether oxygens (including phenoxy) is 1. The highest BCUT2D eigenvalue weighted by atomic mass is 79.9. The zero-order valence-electron chi connectivity index (χ0n) is 16.1. The van der Waals surface area contributed by atoms with E-state index < -0.39 is 5.97 Å². The van der Waals surface area contributed by atoms with E-state index >= 15 is 0 Å². The van der Waals surface area contributed by atoms with Crippen molar-refractivity contribution in [2.24, 2.45) is 0 Å². The molecule has 3 N–H and O–H groups in total. The van der Waals surface area contributed by atoms with Gasteiger partial charge in [0, 0.05) is 16.5 Å². The fourth-order valence-electron chi connectivity index (χ4n) is 3.49. The molecule has 154 valence electrons. The van der Waals surface area contributed by atoms with Gasteiger partial charge in [-0.2, -0.15) is 15.4 Å². The van der Waals surface area contributed by atoms with E-state index in [1.54, 1.807) is 6.07 Å². The molecular formula is C22H16BrN5O3. The maximum Gasteiger partial charge on any atom is 0.337 e. The molecule has 9 heteroatoms. The summed E-state index contributed by atoms with van der Waals surface area (Å²) in [5.41, 5.74) is 4.47. The van der Waals surface area contributed by atoms with Gasteiger partial charge in [0.25, 0.3) is 0 Å². The van der Waals surface area contributed by atoms with Crippen LogP contribution >= 0.6 is 15.9 Å². The zero-order valence-corrected chi connectivity index (χ0v) is 17.7. The van der Waals surface area contributed by atoms with E-state index in [1.807, 2.05) is 42.5 Å². The number of rotatable bonds is 6. The van der Waals surface area contributed by atoms with Crippen LogP contribution in [-0.4, -0.2) is 36.5 Å². The molecule has 0 spiro atoms. The van der Waals surface area contributed by atoms with Crippen LogP contribution in [0.1, 0.15) is 27.3 Å². The molecule has 2 aromatic heterocycles. The van der Waals surface area contributed by atoms with Crippen LogP contribution < -0.4 is 4.74 Å². The third-order valence-electron chi connectivity index (χ3n) is 4.98. The average molecular weight is 478 g/mol. The van der Waals surface area contributed by atoms with Gasteiger partial charge in [-0.05, 0) is 35.9 Å². The summed E-state index contributed by atoms with van der Waals surface area (Å²) in [5, 5.41) is 20.5. The number of halogens is 1. The number of carboxylic acid groups (broad SMARTS) is 1. The van der Waals surface area contributed by atoms with Crippen molar-refractivity contribution in [3.8, 4) is 5.75 Å². The molecule has 2 heterocycles. The summed E-state index contributed by atoms with van der Waals surface area (Å²) in [5.74, 6) is 0.148. The Morgan fingerprint density at radius 3 is 2.68 bits per heavy atom. The highest BCUT2D eigenvalue weighted by Gasteiger charge is 2.17. The molecule has 0 bridgehead atoms. The Morgan fingerprint density at radius 2 is 1.87 bits per heavy atom. The summed E-state index contributed by atoms with van der Waals surface area (Å²) < 4.78 is 7.04. The first-order chi connectivity index (χ1) is 15.1. The van der Waals surface area contributed by atoms with Crippen LogP contribution in [0.3, 0.4) is 0 Å². The molecule has 0 unspecified atom stereocenters. The van der Waals surface area contributed by atoms with Gasteiger partial charge in [-0.1, -0.05) is 40.2 Å². The van der Waals surface area contributed by atoms with Gasteiger partial charge >= 0.3 is 5.97 Å². The minimum Gasteiger partial charge on any atom is -0.487 e. The lowest BCUT2D eigenvalue weighted by atomic mass is 10.1. The van der Waals surface area contributed by atoms with Gasteiger partial charge in [0.15, 0.2) is 0 Å². The van der Waals surface area contributed by atoms with E-state index in [0.29, 0.717) is 29.0 Å². The molecule has 0 aliphatic heterocycles. The highest BCUT2D eigenvalue weighted by Crippen LogP contribution is 2.29. The molecule has 0 aliphatic rings. The first-order valence-corrected chi connectivity index (χ1v) is 10.3. The lowest BCUT2D eigenvalue weighted by Gasteiger charge is -2.08. The largest absolute Gasteiger partial charge is 0.487 e. The van der Waals surface area contributed by atoms with Gasteiger partial charge in [-0.3, -0.25) is 0 Å². The second kappa shape index (κ2) is 7.84. The molecule has 8 nitrogen and oxygen atoms in total. The van der Waals surface area contributed by atoms with Gasteiger partial charge in [0.05, 0.1) is 5.56 Å². The topological polar surface area (TPSA) is 117 Å². The van der Waals surface area contributed by atoms with Crippen molar-refractivity contribution in [2.75, 3.05) is 0 Å². The number of H-pyrrole nitrogens is 2. The van der Waals surface area contributed by atoms with Crippen LogP contribution in [0.4, 0.5) is 0 Å². The lowest BCUT2D eigenvalue weighted by molar-refractivity contribution is 0.0699. The van der Waals surface area contributed by atoms with Crippen molar-refractivity contribution in [1.29, 1.82) is 0 Å². The Hall–Kier alpha value is -3.72. The van der Waals surface area contributed by atoms with Crippen molar-refractivity contribution in [1.82, 2.24) is 25.4 Å². The Bertz CT molecular complexity index is 1410. The highest BCUT2D eigenvalue weighted by molar-refractivity contribution is 9.10. The Morgan fingerprint density at radius 1 is 1.03 bits per heavy atom. The number of aromatic nitrogens is 5. The third kappa shape index (κ3) is 3.75. The van der Waals surface area contributed by atoms with Crippen LogP contribution in [-0.2, 0) is 13.0 Å². The van der Waals surface area contributed by atoms with Crippen LogP contribution in [0, 0.1) is 0 Å². The molecular weight excluding hydrogens is 462 g/mol. The molecule has 3 aromatic carbocycles. The average Bonchev–Trinajstić information content (AvgIpc) is 3.40. The Labute approximate surface area is 184 Å². The quantitative estimate of drug-likeness (QED) is 0.332. The number of carbonyl (C=O) groups is 1. The van der Waals surface area contributed by atoms with E-state index in [0.717, 1.165) is 26.6 Å². The number of aromatic amines is 2. The van der Waals surface area contributed by atoms with E-state index in [-0.39, 0.29) is 12.2 Å². The summed E-state index contributed by atoms with van der Waals surface area (Å²) in [6.07, 6.45) is 0.540. The second-order valence-electron chi connectivity index (χ2n) is 7.02. The van der Waals surface area contributed by atoms with Gasteiger partial charge < -0.3 is 14.8 Å². The normalized spacial score (nSPS) is 11.3. The number of hydrogen-bond donors (Lipinski definition) is 3. The number of nitrogens with zero attached hydrogens (tertiary/aromatic N) is 3. The number of carboxylic acids is 1. The number of hydrogen-bond acceptors (Lipinski definition) is 5. The van der Waals surface area contributed by atoms with E-state index in [2.05, 4.69) is 41.3 Å². The number of benzene rings is 3. The SMILES string of the molecule is O=C(O)c1ccc(OCc2cccc3n[nH]nc23)c2[nH]c(Cc3ccc(Br)cc3)nc12. The Kier molecular flexibility index (Phi) is 4.87. The van der Waals surface area contributed by atoms with E-state index in [9.17, 15) is 9.90 Å². The minimum atomic E-state index is -1.04. The second-order valence-corrected chi connectivity index (χ2v) is 7.94. The summed E-state index contributed by atoms with van der Waals surface area (Å²) >= 11 is 3.43. The van der Waals surface area contributed by atoms with Crippen molar-refractivity contribution < 1.29 is 14.6 Å². The molecule has 5 rings (SSSR count). The van der Waals surface area contributed by atoms with Gasteiger partial charge in [-0.25, -0.2) is 9.78 Å². The summed E-state index contributed by atoms with van der Waals surface area (Å²) in [7, 11) is 0. The number of nitrogens with one attached hydrogen (secondary N) is 2. The predicted molar refractivity (Wildman–Crippen MR) is 118 cm³/mol. The predicted octanol–water partition coefficient (Wildman–Crippen LogP) is 4.46. The smallest absolute Gasteiger partial charge is 0.337 e. The monoisotopic (exact) mass is 477 g/mol. The lowest BCUT2D eigenvalue weighted by Crippen LogP contribution is -2.01. The molecule has 0 atom stereocenters. The van der Waals surface area contributed by atoms with Crippen molar-refractivity contribution in [3.63, 3.8) is 0 Å². The van der Waals surface area contributed by atoms with Gasteiger partial charge in [-0.15, -0.1) is 0 Å². The van der Waals surface area contributed by atoms with Crippen molar-refractivity contribution in [2.45, 2.75) is 13.0 Å². The summed E-state index contributed by atoms with van der Waals surface area (Å²) in [6, 6.07) is 16.7. The van der Waals surface area contributed by atoms with Crippen LogP contribution in [0.15, 0.2) is 59.1 Å². The molecule has 0 saturated carbocycles. The van der Waals surface area contributed by atoms with Crippen LogP contribution in [0.5, 0.6) is 5.75 Å². The summed E-state index contributed by atoms with van der Waals surface area (Å²) in [6.45, 7) is 0.256. The number of fused-ring (bicyclic) bond motifs is 2. The minimum absolute atomic E-state index is 0.124. The fourth-order valence-corrected chi connectivity index (χ4v) is 3.75. The molecule has 0 saturated heterocycles. The van der Waals surface area contributed by atoms with E-state index in [1.165, 1.54) is 6.07 Å². The molecule has 31 heavy (non-hydrogen) atoms. The van der Waals surface area contributed by atoms with Crippen molar-refractivity contribution in [3.05, 3.63) is 81.6 Å². The first kappa shape index (κ1) is 19.3. The van der Waals surface area contributed by atoms with Gasteiger partial charge in [0.2, 0.25) is 0 Å². The van der Waals surface area contributed by atoms with Crippen molar-refractivity contribution >= 4 is 44.0 Å². The summed E-state index contributed by atoms with van der Waals surface area (Å²) in [4.78, 5) is 19.5. The molecule has 0 aliphatic carbocycles. The Balaban J connectivity index is 1.49.